The molecule has 0 aliphatic carbocycles. The molecule has 5 nitrogen and oxygen atoms in total. The Labute approximate surface area is 183 Å². The van der Waals surface area contributed by atoms with Crippen LogP contribution in [0.15, 0.2) is 28.6 Å². The van der Waals surface area contributed by atoms with Crippen LogP contribution in [0.4, 0.5) is 5.69 Å². The van der Waals surface area contributed by atoms with Crippen LogP contribution in [0.3, 0.4) is 0 Å². The summed E-state index contributed by atoms with van der Waals surface area (Å²) in [5.74, 6) is 0.969. The van der Waals surface area contributed by atoms with Crippen LogP contribution in [0.2, 0.25) is 0 Å². The molecule has 1 aromatic carbocycles. The normalized spacial score (nSPS) is 14.9. The van der Waals surface area contributed by atoms with E-state index in [4.69, 9.17) is 0 Å². The highest BCUT2D eigenvalue weighted by Gasteiger charge is 2.21. The van der Waals surface area contributed by atoms with Crippen molar-refractivity contribution in [1.29, 1.82) is 0 Å². The number of piperazine rings is 1. The Hall–Kier alpha value is -1.35. The second-order valence-electron chi connectivity index (χ2n) is 6.68. The van der Waals surface area contributed by atoms with E-state index in [1.807, 2.05) is 7.05 Å². The molecule has 0 amide bonds. The number of aryl methyl sites for hydroxylation is 2. The highest BCUT2D eigenvalue weighted by Crippen LogP contribution is 2.23. The van der Waals surface area contributed by atoms with E-state index in [0.717, 1.165) is 50.8 Å². The molecule has 0 radical (unpaired) electrons. The molecule has 2 aromatic rings. The van der Waals surface area contributed by atoms with Crippen LogP contribution >= 0.6 is 35.3 Å². The fourth-order valence-electron chi connectivity index (χ4n) is 3.33. The van der Waals surface area contributed by atoms with Gasteiger partial charge in [0.1, 0.15) is 0 Å². The van der Waals surface area contributed by atoms with Gasteiger partial charge in [0.25, 0.3) is 0 Å². The monoisotopic (exact) mass is 499 g/mol. The third-order valence-corrected chi connectivity index (χ3v) is 6.08. The van der Waals surface area contributed by atoms with Crippen molar-refractivity contribution < 1.29 is 0 Å². The van der Waals surface area contributed by atoms with E-state index in [-0.39, 0.29) is 24.0 Å². The second-order valence-corrected chi connectivity index (χ2v) is 7.62. The first-order chi connectivity index (χ1) is 12.6. The first kappa shape index (κ1) is 21.9. The van der Waals surface area contributed by atoms with E-state index < -0.39 is 0 Å². The van der Waals surface area contributed by atoms with Crippen molar-refractivity contribution in [3.8, 4) is 0 Å². The molecule has 0 bridgehead atoms. The summed E-state index contributed by atoms with van der Waals surface area (Å²) < 4.78 is 0. The molecular formula is C20H30IN5S. The van der Waals surface area contributed by atoms with Gasteiger partial charge in [-0.15, -0.1) is 35.3 Å². The van der Waals surface area contributed by atoms with Crippen LogP contribution in [0.1, 0.15) is 28.8 Å². The van der Waals surface area contributed by atoms with E-state index in [9.17, 15) is 0 Å². The number of hydrogen-bond acceptors (Lipinski definition) is 4. The van der Waals surface area contributed by atoms with Gasteiger partial charge in [0.05, 0.1) is 17.2 Å². The van der Waals surface area contributed by atoms with E-state index in [1.54, 1.807) is 11.3 Å². The Kier molecular flexibility index (Phi) is 8.34. The summed E-state index contributed by atoms with van der Waals surface area (Å²) in [6.45, 7) is 11.3. The molecule has 3 rings (SSSR count). The van der Waals surface area contributed by atoms with E-state index in [0.29, 0.717) is 0 Å². The minimum absolute atomic E-state index is 0. The third kappa shape index (κ3) is 5.34. The van der Waals surface area contributed by atoms with Crippen LogP contribution in [0.5, 0.6) is 0 Å². The van der Waals surface area contributed by atoms with Crippen molar-refractivity contribution >= 4 is 47.0 Å². The molecule has 0 unspecified atom stereocenters. The van der Waals surface area contributed by atoms with Crippen molar-refractivity contribution in [1.82, 2.24) is 15.2 Å². The number of nitrogens with zero attached hydrogens (tertiary/aromatic N) is 4. The fourth-order valence-corrected chi connectivity index (χ4v) is 4.08. The Morgan fingerprint density at radius 3 is 2.59 bits per heavy atom. The molecular weight excluding hydrogens is 469 g/mol. The smallest absolute Gasteiger partial charge is 0.194 e. The van der Waals surface area contributed by atoms with Crippen LogP contribution in [-0.4, -0.2) is 49.1 Å². The summed E-state index contributed by atoms with van der Waals surface area (Å²) in [4.78, 5) is 13.9. The van der Waals surface area contributed by atoms with E-state index in [2.05, 4.69) is 69.4 Å². The number of benzene rings is 1. The van der Waals surface area contributed by atoms with Gasteiger partial charge < -0.3 is 15.1 Å². The van der Waals surface area contributed by atoms with E-state index in [1.165, 1.54) is 21.8 Å². The van der Waals surface area contributed by atoms with Gasteiger partial charge in [-0.2, -0.15) is 0 Å². The summed E-state index contributed by atoms with van der Waals surface area (Å²) in [5.41, 5.74) is 5.21. The average molecular weight is 499 g/mol. The molecule has 1 fully saturated rings. The zero-order valence-electron chi connectivity index (χ0n) is 16.7. The molecule has 27 heavy (non-hydrogen) atoms. The van der Waals surface area contributed by atoms with Crippen LogP contribution < -0.4 is 10.2 Å². The number of rotatable bonds is 4. The molecule has 1 aliphatic rings. The number of thiazole rings is 1. The first-order valence-electron chi connectivity index (χ1n) is 9.32. The molecule has 7 heteroatoms. The van der Waals surface area contributed by atoms with Gasteiger partial charge in [0.15, 0.2) is 5.96 Å². The van der Waals surface area contributed by atoms with Crippen LogP contribution in [0, 0.1) is 13.8 Å². The maximum atomic E-state index is 4.62. The summed E-state index contributed by atoms with van der Waals surface area (Å²) in [5, 5.41) is 6.80. The van der Waals surface area contributed by atoms with Crippen molar-refractivity contribution in [2.24, 2.45) is 4.99 Å². The molecule has 0 atom stereocenters. The average Bonchev–Trinajstić information content (AvgIpc) is 3.13. The number of anilines is 1. The van der Waals surface area contributed by atoms with Crippen molar-refractivity contribution in [3.05, 3.63) is 45.4 Å². The Balaban J connectivity index is 0.00000261. The maximum Gasteiger partial charge on any atom is 0.194 e. The topological polar surface area (TPSA) is 43.8 Å². The highest BCUT2D eigenvalue weighted by molar-refractivity contribution is 14.0. The van der Waals surface area contributed by atoms with Gasteiger partial charge in [-0.25, -0.2) is 4.98 Å². The van der Waals surface area contributed by atoms with Gasteiger partial charge in [-0.1, -0.05) is 19.1 Å². The fraction of sp³-hybridized carbons (Fsp3) is 0.500. The van der Waals surface area contributed by atoms with Crippen molar-refractivity contribution in [2.75, 3.05) is 38.1 Å². The molecule has 0 spiro atoms. The first-order valence-corrected chi connectivity index (χ1v) is 10.2. The summed E-state index contributed by atoms with van der Waals surface area (Å²) >= 11 is 1.73. The van der Waals surface area contributed by atoms with Gasteiger partial charge >= 0.3 is 0 Å². The summed E-state index contributed by atoms with van der Waals surface area (Å²) in [7, 11) is 1.86. The zero-order chi connectivity index (χ0) is 18.5. The standard InChI is InChI=1S/C20H29N5S.HI/c1-5-19-23-17(14-26-19)13-22-20(21-4)25-11-9-24(10-12-25)18-8-6-7-15(2)16(18)3;/h6-8,14H,5,9-13H2,1-4H3,(H,21,22);1H. The largest absolute Gasteiger partial charge is 0.368 e. The Morgan fingerprint density at radius 1 is 1.22 bits per heavy atom. The summed E-state index contributed by atoms with van der Waals surface area (Å²) in [6, 6.07) is 6.57. The SMILES string of the molecule is CCc1nc(CNC(=NC)N2CCN(c3cccc(C)c3C)CC2)cs1.I. The number of nitrogens with one attached hydrogen (secondary N) is 1. The zero-order valence-corrected chi connectivity index (χ0v) is 19.8. The molecule has 1 saturated heterocycles. The second kappa shape index (κ2) is 10.3. The van der Waals surface area contributed by atoms with Crippen LogP contribution in [-0.2, 0) is 13.0 Å². The lowest BCUT2D eigenvalue weighted by atomic mass is 10.1. The number of aromatic nitrogens is 1. The van der Waals surface area contributed by atoms with Crippen molar-refractivity contribution in [3.63, 3.8) is 0 Å². The molecule has 1 aliphatic heterocycles. The van der Waals surface area contributed by atoms with Gasteiger partial charge in [-0.05, 0) is 37.5 Å². The Bertz CT molecular complexity index is 765. The van der Waals surface area contributed by atoms with Crippen LogP contribution in [0.25, 0.3) is 0 Å². The van der Waals surface area contributed by atoms with Gasteiger partial charge in [-0.3, -0.25) is 4.99 Å². The number of hydrogen-bond donors (Lipinski definition) is 1. The summed E-state index contributed by atoms with van der Waals surface area (Å²) in [6.07, 6.45) is 1.000. The molecule has 0 saturated carbocycles. The molecule has 148 valence electrons. The Morgan fingerprint density at radius 2 is 1.96 bits per heavy atom. The molecule has 1 aromatic heterocycles. The predicted molar refractivity (Wildman–Crippen MR) is 127 cm³/mol. The molecule has 2 heterocycles. The molecule has 1 N–H and O–H groups in total. The number of guanidine groups is 1. The van der Waals surface area contributed by atoms with Gasteiger partial charge in [0.2, 0.25) is 0 Å². The lowest BCUT2D eigenvalue weighted by Gasteiger charge is -2.38. The predicted octanol–water partition coefficient (Wildman–Crippen LogP) is 3.84. The third-order valence-electron chi connectivity index (χ3n) is 5.04. The number of halogens is 1. The van der Waals surface area contributed by atoms with Gasteiger partial charge in [0, 0.05) is 44.3 Å². The van der Waals surface area contributed by atoms with E-state index >= 15 is 0 Å². The minimum Gasteiger partial charge on any atom is -0.368 e. The van der Waals surface area contributed by atoms with Crippen molar-refractivity contribution in [2.45, 2.75) is 33.7 Å². The lowest BCUT2D eigenvalue weighted by Crippen LogP contribution is -2.52. The maximum absolute atomic E-state index is 4.62. The lowest BCUT2D eigenvalue weighted by molar-refractivity contribution is 0.372. The quantitative estimate of drug-likeness (QED) is 0.395. The number of aliphatic imine (C=N–C) groups is 1. The minimum atomic E-state index is 0. The highest BCUT2D eigenvalue weighted by atomic mass is 127.